The van der Waals surface area contributed by atoms with Gasteiger partial charge in [0.15, 0.2) is 0 Å². The minimum Gasteiger partial charge on any atom is -0.493 e. The number of carbonyl (C=O) groups excluding carboxylic acids is 1. The van der Waals surface area contributed by atoms with Crippen molar-refractivity contribution < 1.29 is 9.53 Å². The van der Waals surface area contributed by atoms with Crippen molar-refractivity contribution in [3.05, 3.63) is 86.0 Å². The van der Waals surface area contributed by atoms with Gasteiger partial charge >= 0.3 is 0 Å². The third kappa shape index (κ3) is 3.55. The average molecular weight is 428 g/mol. The number of ether oxygens (including phenoxy) is 1. The summed E-state index contributed by atoms with van der Waals surface area (Å²) >= 11 is 4.89. The number of benzene rings is 2. The number of amides is 1. The Balaban J connectivity index is 1.70. The Bertz CT molecular complexity index is 923. The molecule has 3 nitrogen and oxygen atoms in total. The largest absolute Gasteiger partial charge is 0.493 e. The molecule has 0 bridgehead atoms. The van der Waals surface area contributed by atoms with Gasteiger partial charge in [0.25, 0.3) is 5.91 Å². The van der Waals surface area contributed by atoms with Crippen molar-refractivity contribution >= 4 is 33.2 Å². The molecule has 1 aliphatic rings. The highest BCUT2D eigenvalue weighted by Crippen LogP contribution is 2.31. The van der Waals surface area contributed by atoms with E-state index in [-0.39, 0.29) is 11.9 Å². The smallest absolute Gasteiger partial charge is 0.263 e. The van der Waals surface area contributed by atoms with E-state index in [1.54, 1.807) is 0 Å². The predicted octanol–water partition coefficient (Wildman–Crippen LogP) is 5.36. The Kier molecular flexibility index (Phi) is 5.09. The standard InChI is InChI=1S/C21H18BrNO2S/c22-17-10-12-26-20(17)21(24)23-19(14-5-2-1-3-6-14)16-8-9-18-15(13-16)7-4-11-25-18/h1-3,5-6,8-10,12-13,19H,4,7,11H2,(H,23,24). The Morgan fingerprint density at radius 3 is 2.73 bits per heavy atom. The number of thiophene rings is 1. The van der Waals surface area contributed by atoms with Crippen molar-refractivity contribution in [1.29, 1.82) is 0 Å². The summed E-state index contributed by atoms with van der Waals surface area (Å²) in [6.07, 6.45) is 2.04. The quantitative estimate of drug-likeness (QED) is 0.608. The maximum atomic E-state index is 12.8. The molecule has 2 aromatic carbocycles. The van der Waals surface area contributed by atoms with Gasteiger partial charge in [0.05, 0.1) is 12.6 Å². The van der Waals surface area contributed by atoms with Gasteiger partial charge in [0, 0.05) is 4.47 Å². The minimum atomic E-state index is -0.204. The van der Waals surface area contributed by atoms with Crippen LogP contribution in [0.4, 0.5) is 0 Å². The summed E-state index contributed by atoms with van der Waals surface area (Å²) in [4.78, 5) is 13.5. The molecule has 1 N–H and O–H groups in total. The van der Waals surface area contributed by atoms with E-state index < -0.39 is 0 Å². The van der Waals surface area contributed by atoms with Crippen LogP contribution < -0.4 is 10.1 Å². The number of halogens is 1. The topological polar surface area (TPSA) is 38.3 Å². The minimum absolute atomic E-state index is 0.0744. The highest BCUT2D eigenvalue weighted by Gasteiger charge is 2.21. The summed E-state index contributed by atoms with van der Waals surface area (Å²) in [5, 5.41) is 5.11. The van der Waals surface area contributed by atoms with Crippen molar-refractivity contribution in [2.24, 2.45) is 0 Å². The van der Waals surface area contributed by atoms with E-state index in [1.807, 2.05) is 53.9 Å². The number of hydrogen-bond acceptors (Lipinski definition) is 3. The zero-order chi connectivity index (χ0) is 17.9. The van der Waals surface area contributed by atoms with Crippen LogP contribution in [-0.2, 0) is 6.42 Å². The van der Waals surface area contributed by atoms with Gasteiger partial charge in [0.1, 0.15) is 10.6 Å². The second-order valence-electron chi connectivity index (χ2n) is 6.23. The summed E-state index contributed by atoms with van der Waals surface area (Å²) < 4.78 is 6.55. The van der Waals surface area contributed by atoms with Crippen molar-refractivity contribution in [3.63, 3.8) is 0 Å². The molecule has 26 heavy (non-hydrogen) atoms. The highest BCUT2D eigenvalue weighted by molar-refractivity contribution is 9.10. The second-order valence-corrected chi connectivity index (χ2v) is 8.00. The number of aryl methyl sites for hydroxylation is 1. The maximum Gasteiger partial charge on any atom is 0.263 e. The third-order valence-electron chi connectivity index (χ3n) is 4.50. The van der Waals surface area contributed by atoms with Gasteiger partial charge in [-0.15, -0.1) is 11.3 Å². The Labute approximate surface area is 165 Å². The Morgan fingerprint density at radius 2 is 1.96 bits per heavy atom. The monoisotopic (exact) mass is 427 g/mol. The summed E-state index contributed by atoms with van der Waals surface area (Å²) in [6, 6.07) is 18.0. The first-order valence-corrected chi connectivity index (χ1v) is 10.2. The van der Waals surface area contributed by atoms with Gasteiger partial charge in [-0.05, 0) is 69.0 Å². The number of fused-ring (bicyclic) bond motifs is 1. The van der Waals surface area contributed by atoms with E-state index >= 15 is 0 Å². The molecule has 3 aromatic rings. The first kappa shape index (κ1) is 17.3. The van der Waals surface area contributed by atoms with Crippen LogP contribution >= 0.6 is 27.3 Å². The Hall–Kier alpha value is -2.11. The van der Waals surface area contributed by atoms with Crippen LogP contribution in [0.2, 0.25) is 0 Å². The molecule has 0 radical (unpaired) electrons. The summed E-state index contributed by atoms with van der Waals surface area (Å²) in [7, 11) is 0. The van der Waals surface area contributed by atoms with Crippen molar-refractivity contribution in [2.75, 3.05) is 6.61 Å². The van der Waals surface area contributed by atoms with Crippen molar-refractivity contribution in [1.82, 2.24) is 5.32 Å². The van der Waals surface area contributed by atoms with E-state index in [4.69, 9.17) is 4.74 Å². The van der Waals surface area contributed by atoms with Gasteiger partial charge in [-0.2, -0.15) is 0 Å². The lowest BCUT2D eigenvalue weighted by Gasteiger charge is -2.23. The zero-order valence-electron chi connectivity index (χ0n) is 14.1. The Morgan fingerprint density at radius 1 is 1.12 bits per heavy atom. The van der Waals surface area contributed by atoms with Gasteiger partial charge < -0.3 is 10.1 Å². The fraction of sp³-hybridized carbons (Fsp3) is 0.190. The fourth-order valence-corrected chi connectivity index (χ4v) is 4.67. The lowest BCUT2D eigenvalue weighted by Crippen LogP contribution is -2.29. The molecule has 0 aliphatic carbocycles. The maximum absolute atomic E-state index is 12.8. The molecule has 132 valence electrons. The van der Waals surface area contributed by atoms with Crippen LogP contribution in [0.15, 0.2) is 64.5 Å². The molecular formula is C21H18BrNO2S. The molecular weight excluding hydrogens is 410 g/mol. The summed E-state index contributed by atoms with van der Waals surface area (Å²) in [6.45, 7) is 0.775. The van der Waals surface area contributed by atoms with Crippen LogP contribution in [0.1, 0.15) is 38.8 Å². The van der Waals surface area contributed by atoms with Gasteiger partial charge in [-0.3, -0.25) is 4.79 Å². The van der Waals surface area contributed by atoms with E-state index in [0.717, 1.165) is 40.8 Å². The van der Waals surface area contributed by atoms with Gasteiger partial charge in [-0.25, -0.2) is 0 Å². The van der Waals surface area contributed by atoms with Crippen LogP contribution in [0.3, 0.4) is 0 Å². The molecule has 1 aromatic heterocycles. The number of carbonyl (C=O) groups is 1. The SMILES string of the molecule is O=C(NC(c1ccccc1)c1ccc2c(c1)CCCO2)c1sccc1Br. The molecule has 4 rings (SSSR count). The molecule has 5 heteroatoms. The lowest BCUT2D eigenvalue weighted by atomic mass is 9.94. The second kappa shape index (κ2) is 7.64. The number of rotatable bonds is 4. The summed E-state index contributed by atoms with van der Waals surface area (Å²) in [5.41, 5.74) is 3.34. The average Bonchev–Trinajstić information content (AvgIpc) is 3.12. The number of hydrogen-bond donors (Lipinski definition) is 1. The lowest BCUT2D eigenvalue weighted by molar-refractivity contribution is 0.0946. The van der Waals surface area contributed by atoms with Crippen LogP contribution in [-0.4, -0.2) is 12.5 Å². The molecule has 0 spiro atoms. The van der Waals surface area contributed by atoms with Gasteiger partial charge in [-0.1, -0.05) is 36.4 Å². The number of nitrogens with one attached hydrogen (secondary N) is 1. The van der Waals surface area contributed by atoms with E-state index in [1.165, 1.54) is 16.9 Å². The molecule has 1 aliphatic heterocycles. The normalized spacial score (nSPS) is 14.2. The highest BCUT2D eigenvalue weighted by atomic mass is 79.9. The van der Waals surface area contributed by atoms with Crippen LogP contribution in [0.5, 0.6) is 5.75 Å². The molecule has 2 heterocycles. The fourth-order valence-electron chi connectivity index (χ4n) is 3.22. The first-order valence-electron chi connectivity index (χ1n) is 8.57. The molecule has 1 atom stereocenters. The molecule has 0 fully saturated rings. The molecule has 1 unspecified atom stereocenters. The molecule has 0 saturated heterocycles. The predicted molar refractivity (Wildman–Crippen MR) is 108 cm³/mol. The van der Waals surface area contributed by atoms with Crippen LogP contribution in [0, 0.1) is 0 Å². The van der Waals surface area contributed by atoms with E-state index in [9.17, 15) is 4.79 Å². The molecule has 1 amide bonds. The van der Waals surface area contributed by atoms with Crippen molar-refractivity contribution in [3.8, 4) is 5.75 Å². The zero-order valence-corrected chi connectivity index (χ0v) is 16.5. The van der Waals surface area contributed by atoms with Gasteiger partial charge in [0.2, 0.25) is 0 Å². The van der Waals surface area contributed by atoms with Crippen molar-refractivity contribution in [2.45, 2.75) is 18.9 Å². The first-order chi connectivity index (χ1) is 12.7. The van der Waals surface area contributed by atoms with E-state index in [0.29, 0.717) is 4.88 Å². The third-order valence-corrected chi connectivity index (χ3v) is 6.33. The molecule has 0 saturated carbocycles. The van der Waals surface area contributed by atoms with Crippen LogP contribution in [0.25, 0.3) is 0 Å². The summed E-state index contributed by atoms with van der Waals surface area (Å²) in [5.74, 6) is 0.883. The van der Waals surface area contributed by atoms with E-state index in [2.05, 4.69) is 27.3 Å².